The second-order valence-corrected chi connectivity index (χ2v) is 4.93. The lowest BCUT2D eigenvalue weighted by Crippen LogP contribution is -2.19. The molecule has 0 spiro atoms. The number of benzene rings is 2. The Bertz CT molecular complexity index is 546. The van der Waals surface area contributed by atoms with Crippen LogP contribution in [0.2, 0.25) is 0 Å². The highest BCUT2D eigenvalue weighted by molar-refractivity contribution is 5.72. The van der Waals surface area contributed by atoms with Crippen LogP contribution in [-0.2, 0) is 0 Å². The van der Waals surface area contributed by atoms with Crippen LogP contribution in [-0.4, -0.2) is 32.1 Å². The molecule has 104 valence electrons. The summed E-state index contributed by atoms with van der Waals surface area (Å²) in [5, 5.41) is 0. The van der Waals surface area contributed by atoms with Crippen LogP contribution in [0.3, 0.4) is 0 Å². The molecular weight excluding hydrogens is 246 g/mol. The number of ether oxygens (including phenoxy) is 1. The van der Waals surface area contributed by atoms with E-state index in [1.165, 1.54) is 5.56 Å². The van der Waals surface area contributed by atoms with Crippen molar-refractivity contribution in [2.24, 2.45) is 0 Å². The summed E-state index contributed by atoms with van der Waals surface area (Å²) < 4.78 is 5.84. The zero-order chi connectivity index (χ0) is 14.2. The predicted molar refractivity (Wildman–Crippen MR) is 85.9 cm³/mol. The van der Waals surface area contributed by atoms with Crippen molar-refractivity contribution in [2.75, 3.05) is 27.2 Å². The first-order valence-electron chi connectivity index (χ1n) is 6.85. The van der Waals surface area contributed by atoms with E-state index in [1.54, 1.807) is 0 Å². The van der Waals surface area contributed by atoms with Crippen molar-refractivity contribution < 1.29 is 4.74 Å². The molecule has 0 atom stereocenters. The van der Waals surface area contributed by atoms with Crippen molar-refractivity contribution >= 4 is 12.2 Å². The predicted octanol–water partition coefficient (Wildman–Crippen LogP) is 3.80. The third kappa shape index (κ3) is 4.56. The Morgan fingerprint density at radius 1 is 0.900 bits per heavy atom. The molecule has 2 nitrogen and oxygen atoms in total. The Morgan fingerprint density at radius 3 is 2.35 bits per heavy atom. The van der Waals surface area contributed by atoms with Gasteiger partial charge in [-0.15, -0.1) is 0 Å². The largest absolute Gasteiger partial charge is 0.492 e. The van der Waals surface area contributed by atoms with Crippen LogP contribution < -0.4 is 4.74 Å². The van der Waals surface area contributed by atoms with E-state index >= 15 is 0 Å². The fourth-order valence-electron chi connectivity index (χ4n) is 1.84. The minimum absolute atomic E-state index is 0.698. The van der Waals surface area contributed by atoms with E-state index in [-0.39, 0.29) is 0 Å². The molecule has 0 aliphatic carbocycles. The van der Waals surface area contributed by atoms with Gasteiger partial charge in [0.2, 0.25) is 0 Å². The van der Waals surface area contributed by atoms with E-state index < -0.39 is 0 Å². The maximum Gasteiger partial charge on any atom is 0.126 e. The lowest BCUT2D eigenvalue weighted by Gasteiger charge is -2.12. The van der Waals surface area contributed by atoms with E-state index in [0.29, 0.717) is 6.61 Å². The van der Waals surface area contributed by atoms with Gasteiger partial charge in [0.05, 0.1) is 0 Å². The molecule has 0 saturated heterocycles. The third-order valence-corrected chi connectivity index (χ3v) is 2.97. The number of likely N-dealkylation sites (N-methyl/N-ethyl adjacent to an activating group) is 1. The number of nitrogens with zero attached hydrogens (tertiary/aromatic N) is 1. The fourth-order valence-corrected chi connectivity index (χ4v) is 1.84. The van der Waals surface area contributed by atoms with Crippen molar-refractivity contribution in [3.63, 3.8) is 0 Å². The van der Waals surface area contributed by atoms with E-state index in [0.717, 1.165) is 17.9 Å². The Kier molecular flexibility index (Phi) is 5.39. The summed E-state index contributed by atoms with van der Waals surface area (Å²) in [5.74, 6) is 0.932. The Hall–Kier alpha value is -2.06. The summed E-state index contributed by atoms with van der Waals surface area (Å²) in [7, 11) is 4.09. The standard InChI is InChI=1S/C18H21NO/c1-19(2)14-15-20-18-11-7-6-10-17(18)13-12-16-8-4-3-5-9-16/h3-13H,14-15H2,1-2H3/b13-12+. The van der Waals surface area contributed by atoms with Crippen LogP contribution in [0.5, 0.6) is 5.75 Å². The molecule has 0 saturated carbocycles. The molecule has 0 unspecified atom stereocenters. The van der Waals surface area contributed by atoms with Gasteiger partial charge in [-0.05, 0) is 25.7 Å². The topological polar surface area (TPSA) is 12.5 Å². The minimum Gasteiger partial charge on any atom is -0.492 e. The van der Waals surface area contributed by atoms with Crippen molar-refractivity contribution in [1.82, 2.24) is 4.90 Å². The molecule has 0 radical (unpaired) electrons. The number of hydrogen-bond donors (Lipinski definition) is 0. The maximum atomic E-state index is 5.84. The zero-order valence-corrected chi connectivity index (χ0v) is 12.1. The normalized spacial score (nSPS) is 11.2. The van der Waals surface area contributed by atoms with Gasteiger partial charge in [-0.2, -0.15) is 0 Å². The van der Waals surface area contributed by atoms with Gasteiger partial charge in [0.1, 0.15) is 12.4 Å². The van der Waals surface area contributed by atoms with Gasteiger partial charge in [0, 0.05) is 12.1 Å². The van der Waals surface area contributed by atoms with Gasteiger partial charge in [0.25, 0.3) is 0 Å². The molecule has 2 heteroatoms. The first-order chi connectivity index (χ1) is 9.75. The van der Waals surface area contributed by atoms with Gasteiger partial charge in [-0.25, -0.2) is 0 Å². The lowest BCUT2D eigenvalue weighted by molar-refractivity contribution is 0.261. The minimum atomic E-state index is 0.698. The van der Waals surface area contributed by atoms with Crippen LogP contribution in [0, 0.1) is 0 Å². The second kappa shape index (κ2) is 7.51. The van der Waals surface area contributed by atoms with Gasteiger partial charge < -0.3 is 9.64 Å². The number of hydrogen-bond acceptors (Lipinski definition) is 2. The molecule has 0 fully saturated rings. The zero-order valence-electron chi connectivity index (χ0n) is 12.1. The van der Waals surface area contributed by atoms with Gasteiger partial charge in [-0.3, -0.25) is 0 Å². The highest BCUT2D eigenvalue weighted by atomic mass is 16.5. The van der Waals surface area contributed by atoms with Crippen molar-refractivity contribution in [2.45, 2.75) is 0 Å². The van der Waals surface area contributed by atoms with Crippen LogP contribution in [0.1, 0.15) is 11.1 Å². The molecule has 0 bridgehead atoms. The molecule has 0 aromatic heterocycles. The molecule has 2 rings (SSSR count). The summed E-state index contributed by atoms with van der Waals surface area (Å²) in [6, 6.07) is 18.4. The average molecular weight is 267 g/mol. The highest BCUT2D eigenvalue weighted by Gasteiger charge is 2.00. The summed E-state index contributed by atoms with van der Waals surface area (Å²) in [5.41, 5.74) is 2.30. The summed E-state index contributed by atoms with van der Waals surface area (Å²) in [6.45, 7) is 1.61. The molecule has 0 heterocycles. The second-order valence-electron chi connectivity index (χ2n) is 4.93. The van der Waals surface area contributed by atoms with Crippen LogP contribution in [0.15, 0.2) is 54.6 Å². The molecule has 2 aromatic rings. The molecule has 0 amide bonds. The van der Waals surface area contributed by atoms with E-state index in [1.807, 2.05) is 50.5 Å². The summed E-state index contributed by atoms with van der Waals surface area (Å²) >= 11 is 0. The Balaban J connectivity index is 2.06. The van der Waals surface area contributed by atoms with Crippen LogP contribution >= 0.6 is 0 Å². The Labute approximate surface area is 121 Å². The maximum absolute atomic E-state index is 5.84. The SMILES string of the molecule is CN(C)CCOc1ccccc1/C=C/c1ccccc1. The fraction of sp³-hybridized carbons (Fsp3) is 0.222. The first-order valence-corrected chi connectivity index (χ1v) is 6.85. The molecular formula is C18H21NO. The van der Waals surface area contributed by atoms with E-state index in [9.17, 15) is 0 Å². The number of rotatable bonds is 6. The van der Waals surface area contributed by atoms with Crippen LogP contribution in [0.25, 0.3) is 12.2 Å². The van der Waals surface area contributed by atoms with E-state index in [2.05, 4.69) is 35.3 Å². The molecule has 2 aromatic carbocycles. The van der Waals surface area contributed by atoms with Crippen molar-refractivity contribution in [3.8, 4) is 5.75 Å². The summed E-state index contributed by atoms with van der Waals surface area (Å²) in [4.78, 5) is 2.11. The molecule has 0 aliphatic rings. The van der Waals surface area contributed by atoms with Gasteiger partial charge >= 0.3 is 0 Å². The monoisotopic (exact) mass is 267 g/mol. The molecule has 20 heavy (non-hydrogen) atoms. The molecule has 0 N–H and O–H groups in total. The van der Waals surface area contributed by atoms with Gasteiger partial charge in [-0.1, -0.05) is 60.7 Å². The van der Waals surface area contributed by atoms with Crippen molar-refractivity contribution in [1.29, 1.82) is 0 Å². The highest BCUT2D eigenvalue weighted by Crippen LogP contribution is 2.20. The Morgan fingerprint density at radius 2 is 1.60 bits per heavy atom. The van der Waals surface area contributed by atoms with Crippen LogP contribution in [0.4, 0.5) is 0 Å². The third-order valence-electron chi connectivity index (χ3n) is 2.97. The van der Waals surface area contributed by atoms with Crippen molar-refractivity contribution in [3.05, 3.63) is 65.7 Å². The first kappa shape index (κ1) is 14.4. The average Bonchev–Trinajstić information content (AvgIpc) is 2.47. The van der Waals surface area contributed by atoms with E-state index in [4.69, 9.17) is 4.74 Å². The van der Waals surface area contributed by atoms with Gasteiger partial charge in [0.15, 0.2) is 0 Å². The summed E-state index contributed by atoms with van der Waals surface area (Å²) in [6.07, 6.45) is 4.20. The lowest BCUT2D eigenvalue weighted by atomic mass is 10.1. The number of para-hydroxylation sites is 1. The quantitative estimate of drug-likeness (QED) is 0.738. The molecule has 0 aliphatic heterocycles. The smallest absolute Gasteiger partial charge is 0.126 e.